The molecule has 8 nitrogen and oxygen atoms in total. The lowest BCUT2D eigenvalue weighted by Crippen LogP contribution is -2.32. The Bertz CT molecular complexity index is 493. The van der Waals surface area contributed by atoms with Crippen LogP contribution in [-0.4, -0.2) is 39.1 Å². The molecular weight excluding hydrogens is 252 g/mol. The number of methoxy groups -OCH3 is 1. The SMILES string of the molecule is COCC(C)(C)C(Cn1cc([N+](=O)[O-])nc1C)=NO. The molecule has 0 saturated carbocycles. The smallest absolute Gasteiger partial charge is 0.381 e. The fourth-order valence-corrected chi connectivity index (χ4v) is 1.73. The van der Waals surface area contributed by atoms with Crippen LogP contribution in [0.15, 0.2) is 11.4 Å². The van der Waals surface area contributed by atoms with Gasteiger partial charge in [-0.1, -0.05) is 19.0 Å². The molecule has 19 heavy (non-hydrogen) atoms. The number of aromatic nitrogens is 2. The second-order valence-electron chi connectivity index (χ2n) is 4.89. The highest BCUT2D eigenvalue weighted by Gasteiger charge is 2.28. The molecule has 0 unspecified atom stereocenters. The van der Waals surface area contributed by atoms with E-state index in [2.05, 4.69) is 10.1 Å². The Morgan fingerprint density at radius 2 is 2.32 bits per heavy atom. The average Bonchev–Trinajstić information content (AvgIpc) is 2.67. The fourth-order valence-electron chi connectivity index (χ4n) is 1.73. The van der Waals surface area contributed by atoms with Gasteiger partial charge in [0, 0.05) is 19.4 Å². The van der Waals surface area contributed by atoms with Crippen molar-refractivity contribution in [2.24, 2.45) is 10.6 Å². The van der Waals surface area contributed by atoms with Gasteiger partial charge in [-0.2, -0.15) is 0 Å². The first-order valence-corrected chi connectivity index (χ1v) is 5.70. The minimum atomic E-state index is -0.556. The van der Waals surface area contributed by atoms with Crippen molar-refractivity contribution in [3.8, 4) is 0 Å². The minimum absolute atomic E-state index is 0.222. The molecule has 0 aliphatic heterocycles. The number of hydrogen-bond acceptors (Lipinski definition) is 6. The Labute approximate surface area is 110 Å². The van der Waals surface area contributed by atoms with Gasteiger partial charge in [-0.3, -0.25) is 0 Å². The second kappa shape index (κ2) is 5.79. The monoisotopic (exact) mass is 270 g/mol. The van der Waals surface area contributed by atoms with E-state index < -0.39 is 10.3 Å². The molecule has 8 heteroatoms. The summed E-state index contributed by atoms with van der Waals surface area (Å²) in [7, 11) is 1.56. The summed E-state index contributed by atoms with van der Waals surface area (Å²) in [4.78, 5) is 13.9. The molecule has 0 spiro atoms. The first kappa shape index (κ1) is 15.1. The number of nitro groups is 1. The molecule has 1 heterocycles. The zero-order valence-electron chi connectivity index (χ0n) is 11.5. The van der Waals surface area contributed by atoms with Crippen molar-refractivity contribution in [2.45, 2.75) is 27.3 Å². The fraction of sp³-hybridized carbons (Fsp3) is 0.636. The largest absolute Gasteiger partial charge is 0.411 e. The molecule has 0 fully saturated rings. The van der Waals surface area contributed by atoms with Crippen LogP contribution >= 0.6 is 0 Å². The maximum Gasteiger partial charge on any atom is 0.381 e. The second-order valence-corrected chi connectivity index (χ2v) is 4.89. The standard InChI is InChI=1S/C11H18N4O4/c1-8-12-10(15(17)18)6-14(8)5-9(13-16)11(2,3)7-19-4/h6,16H,5,7H2,1-4H3. The molecule has 0 aliphatic rings. The number of oxime groups is 1. The topological polar surface area (TPSA) is 103 Å². The van der Waals surface area contributed by atoms with Crippen molar-refractivity contribution >= 4 is 11.5 Å². The van der Waals surface area contributed by atoms with Gasteiger partial charge in [0.2, 0.25) is 5.82 Å². The first-order valence-electron chi connectivity index (χ1n) is 5.70. The summed E-state index contributed by atoms with van der Waals surface area (Å²) in [6, 6.07) is 0. The quantitative estimate of drug-likeness (QED) is 0.366. The van der Waals surface area contributed by atoms with Crippen LogP contribution in [0.5, 0.6) is 0 Å². The lowest BCUT2D eigenvalue weighted by Gasteiger charge is -2.24. The number of imidazole rings is 1. The van der Waals surface area contributed by atoms with Crippen LogP contribution < -0.4 is 0 Å². The van der Waals surface area contributed by atoms with Crippen molar-refractivity contribution in [1.82, 2.24) is 9.55 Å². The maximum atomic E-state index is 10.7. The van der Waals surface area contributed by atoms with E-state index in [-0.39, 0.29) is 12.4 Å². The van der Waals surface area contributed by atoms with Gasteiger partial charge >= 0.3 is 5.82 Å². The Morgan fingerprint density at radius 1 is 1.68 bits per heavy atom. The highest BCUT2D eigenvalue weighted by atomic mass is 16.6. The van der Waals surface area contributed by atoms with E-state index >= 15 is 0 Å². The van der Waals surface area contributed by atoms with Gasteiger partial charge in [-0.15, -0.1) is 0 Å². The molecule has 1 aromatic heterocycles. The van der Waals surface area contributed by atoms with Gasteiger partial charge in [-0.25, -0.2) is 0 Å². The van der Waals surface area contributed by atoms with Crippen LogP contribution in [0, 0.1) is 22.5 Å². The van der Waals surface area contributed by atoms with E-state index in [0.717, 1.165) is 0 Å². The lowest BCUT2D eigenvalue weighted by molar-refractivity contribution is -0.389. The number of hydrogen-bond donors (Lipinski definition) is 1. The maximum absolute atomic E-state index is 10.7. The zero-order valence-corrected chi connectivity index (χ0v) is 11.5. The van der Waals surface area contributed by atoms with Gasteiger partial charge in [0.25, 0.3) is 0 Å². The third-order valence-corrected chi connectivity index (χ3v) is 2.88. The van der Waals surface area contributed by atoms with E-state index in [1.54, 1.807) is 18.6 Å². The van der Waals surface area contributed by atoms with Crippen molar-refractivity contribution < 1.29 is 14.9 Å². The molecule has 0 atom stereocenters. The summed E-state index contributed by atoms with van der Waals surface area (Å²) in [5, 5.41) is 23.1. The Morgan fingerprint density at radius 3 is 2.74 bits per heavy atom. The van der Waals surface area contributed by atoms with Crippen molar-refractivity contribution in [3.05, 3.63) is 22.1 Å². The molecule has 1 rings (SSSR count). The Kier molecular flexibility index (Phi) is 4.60. The number of aryl methyl sites for hydroxylation is 1. The average molecular weight is 270 g/mol. The third-order valence-electron chi connectivity index (χ3n) is 2.88. The van der Waals surface area contributed by atoms with E-state index in [9.17, 15) is 10.1 Å². The highest BCUT2D eigenvalue weighted by molar-refractivity contribution is 5.89. The van der Waals surface area contributed by atoms with E-state index in [1.165, 1.54) is 6.20 Å². The summed E-state index contributed by atoms with van der Waals surface area (Å²) in [6.45, 7) is 5.99. The van der Waals surface area contributed by atoms with Gasteiger partial charge in [0.15, 0.2) is 0 Å². The van der Waals surface area contributed by atoms with Gasteiger partial charge < -0.3 is 24.6 Å². The van der Waals surface area contributed by atoms with Crippen molar-refractivity contribution in [2.75, 3.05) is 13.7 Å². The molecular formula is C11H18N4O4. The van der Waals surface area contributed by atoms with E-state index in [1.807, 2.05) is 13.8 Å². The molecule has 1 aromatic rings. The van der Waals surface area contributed by atoms with Crippen LogP contribution in [0.4, 0.5) is 5.82 Å². The Hall–Kier alpha value is -1.96. The molecule has 0 aromatic carbocycles. The van der Waals surface area contributed by atoms with Crippen LogP contribution in [0.2, 0.25) is 0 Å². The molecule has 1 N–H and O–H groups in total. The number of ether oxygens (including phenoxy) is 1. The van der Waals surface area contributed by atoms with Crippen LogP contribution in [0.25, 0.3) is 0 Å². The number of rotatable bonds is 6. The minimum Gasteiger partial charge on any atom is -0.411 e. The van der Waals surface area contributed by atoms with Crippen molar-refractivity contribution in [1.29, 1.82) is 0 Å². The third kappa shape index (κ3) is 3.50. The first-order chi connectivity index (χ1) is 8.81. The van der Waals surface area contributed by atoms with Crippen LogP contribution in [0.1, 0.15) is 19.7 Å². The normalized spacial score (nSPS) is 12.7. The molecule has 106 valence electrons. The summed E-state index contributed by atoms with van der Waals surface area (Å²) in [6.07, 6.45) is 1.32. The molecule has 0 radical (unpaired) electrons. The summed E-state index contributed by atoms with van der Waals surface area (Å²) in [5.41, 5.74) is -0.0145. The van der Waals surface area contributed by atoms with Crippen LogP contribution in [-0.2, 0) is 11.3 Å². The van der Waals surface area contributed by atoms with Crippen molar-refractivity contribution in [3.63, 3.8) is 0 Å². The zero-order chi connectivity index (χ0) is 14.6. The summed E-state index contributed by atoms with van der Waals surface area (Å²) < 4.78 is 6.65. The number of nitrogens with zero attached hydrogens (tertiary/aromatic N) is 4. The van der Waals surface area contributed by atoms with Crippen LogP contribution in [0.3, 0.4) is 0 Å². The molecule has 0 aliphatic carbocycles. The molecule has 0 saturated heterocycles. The Balaban J connectivity index is 2.97. The summed E-state index contributed by atoms with van der Waals surface area (Å²) in [5.74, 6) is 0.264. The lowest BCUT2D eigenvalue weighted by atomic mass is 9.88. The highest BCUT2D eigenvalue weighted by Crippen LogP contribution is 2.20. The van der Waals surface area contributed by atoms with Gasteiger partial charge in [-0.05, 0) is 9.91 Å². The molecule has 0 amide bonds. The van der Waals surface area contributed by atoms with Gasteiger partial charge in [0.05, 0.1) is 18.9 Å². The van der Waals surface area contributed by atoms with E-state index in [4.69, 9.17) is 9.94 Å². The van der Waals surface area contributed by atoms with Gasteiger partial charge in [0.1, 0.15) is 6.20 Å². The molecule has 0 bridgehead atoms. The predicted octanol–water partition coefficient (Wildman–Crippen LogP) is 1.60. The predicted molar refractivity (Wildman–Crippen MR) is 68.5 cm³/mol. The summed E-state index contributed by atoms with van der Waals surface area (Å²) >= 11 is 0. The van der Waals surface area contributed by atoms with E-state index in [0.29, 0.717) is 18.1 Å².